The van der Waals surface area contributed by atoms with Gasteiger partial charge in [0.05, 0.1) is 11.3 Å². The Labute approximate surface area is 147 Å². The SMILES string of the molecule is CCC(C)(C)NC(=O)COC(=O)c1ccc(-n2nc(C)cc2C)nc1. The van der Waals surface area contributed by atoms with E-state index < -0.39 is 5.97 Å². The fraction of sp³-hybridized carbons (Fsp3) is 0.444. The predicted molar refractivity (Wildman–Crippen MR) is 93.6 cm³/mol. The number of nitrogens with zero attached hydrogens (tertiary/aromatic N) is 3. The van der Waals surface area contributed by atoms with Gasteiger partial charge in [0.1, 0.15) is 0 Å². The maximum atomic E-state index is 12.0. The van der Waals surface area contributed by atoms with E-state index in [9.17, 15) is 9.59 Å². The first kappa shape index (κ1) is 18.6. The van der Waals surface area contributed by atoms with Crippen LogP contribution >= 0.6 is 0 Å². The van der Waals surface area contributed by atoms with Gasteiger partial charge in [-0.3, -0.25) is 4.79 Å². The van der Waals surface area contributed by atoms with Crippen LogP contribution in [0.15, 0.2) is 24.4 Å². The Morgan fingerprint density at radius 3 is 2.52 bits per heavy atom. The normalized spacial score (nSPS) is 11.2. The van der Waals surface area contributed by atoms with Gasteiger partial charge in [-0.1, -0.05) is 6.92 Å². The van der Waals surface area contributed by atoms with Crippen molar-refractivity contribution in [3.63, 3.8) is 0 Å². The number of pyridine rings is 1. The third kappa shape index (κ3) is 4.89. The highest BCUT2D eigenvalue weighted by atomic mass is 16.5. The Bertz CT molecular complexity index is 763. The first-order valence-electron chi connectivity index (χ1n) is 8.19. The zero-order valence-electron chi connectivity index (χ0n) is 15.3. The molecule has 2 rings (SSSR count). The summed E-state index contributed by atoms with van der Waals surface area (Å²) in [4.78, 5) is 28.1. The molecule has 0 saturated carbocycles. The minimum absolute atomic E-state index is 0.285. The zero-order valence-corrected chi connectivity index (χ0v) is 15.3. The van der Waals surface area contributed by atoms with Crippen LogP contribution in [0.25, 0.3) is 5.82 Å². The van der Waals surface area contributed by atoms with E-state index in [4.69, 9.17) is 4.74 Å². The molecule has 2 aromatic rings. The van der Waals surface area contributed by atoms with Crippen molar-refractivity contribution in [3.8, 4) is 5.82 Å². The number of hydrogen-bond donors (Lipinski definition) is 1. The topological polar surface area (TPSA) is 86.1 Å². The molecule has 1 N–H and O–H groups in total. The third-order valence-electron chi connectivity index (χ3n) is 3.91. The monoisotopic (exact) mass is 344 g/mol. The average molecular weight is 344 g/mol. The Balaban J connectivity index is 1.97. The number of esters is 1. The third-order valence-corrected chi connectivity index (χ3v) is 3.91. The van der Waals surface area contributed by atoms with Crippen LogP contribution in [0.2, 0.25) is 0 Å². The molecule has 0 bridgehead atoms. The van der Waals surface area contributed by atoms with Gasteiger partial charge < -0.3 is 10.1 Å². The second-order valence-electron chi connectivity index (χ2n) is 6.61. The lowest BCUT2D eigenvalue weighted by atomic mass is 10.0. The maximum absolute atomic E-state index is 12.0. The van der Waals surface area contributed by atoms with Gasteiger partial charge in [0.2, 0.25) is 0 Å². The Morgan fingerprint density at radius 1 is 1.28 bits per heavy atom. The molecule has 0 aliphatic rings. The largest absolute Gasteiger partial charge is 0.452 e. The van der Waals surface area contributed by atoms with Crippen LogP contribution in [-0.4, -0.2) is 38.8 Å². The number of carbonyl (C=O) groups is 2. The molecular formula is C18H24N4O3. The van der Waals surface area contributed by atoms with Gasteiger partial charge in [-0.2, -0.15) is 5.10 Å². The van der Waals surface area contributed by atoms with E-state index in [1.807, 2.05) is 40.7 Å². The van der Waals surface area contributed by atoms with Crippen molar-refractivity contribution in [1.82, 2.24) is 20.1 Å². The minimum Gasteiger partial charge on any atom is -0.452 e. The molecule has 0 atom stereocenters. The van der Waals surface area contributed by atoms with E-state index in [2.05, 4.69) is 15.4 Å². The molecule has 0 aliphatic carbocycles. The van der Waals surface area contributed by atoms with Gasteiger partial charge in [-0.05, 0) is 52.3 Å². The molecule has 7 nitrogen and oxygen atoms in total. The first-order chi connectivity index (χ1) is 11.7. The van der Waals surface area contributed by atoms with Gasteiger partial charge in [0.25, 0.3) is 5.91 Å². The molecule has 2 aromatic heterocycles. The summed E-state index contributed by atoms with van der Waals surface area (Å²) >= 11 is 0. The van der Waals surface area contributed by atoms with Crippen molar-refractivity contribution in [2.24, 2.45) is 0 Å². The summed E-state index contributed by atoms with van der Waals surface area (Å²) in [7, 11) is 0. The van der Waals surface area contributed by atoms with Crippen molar-refractivity contribution in [2.75, 3.05) is 6.61 Å². The predicted octanol–water partition coefficient (Wildman–Crippen LogP) is 2.35. The molecule has 0 radical (unpaired) electrons. The summed E-state index contributed by atoms with van der Waals surface area (Å²) in [5, 5.41) is 7.15. The number of carbonyl (C=O) groups excluding carboxylic acids is 2. The van der Waals surface area contributed by atoms with Crippen LogP contribution in [0.3, 0.4) is 0 Å². The summed E-state index contributed by atoms with van der Waals surface area (Å²) in [6.07, 6.45) is 2.20. The van der Waals surface area contributed by atoms with Crippen molar-refractivity contribution in [3.05, 3.63) is 41.3 Å². The summed E-state index contributed by atoms with van der Waals surface area (Å²) in [5.74, 6) is -0.297. The van der Waals surface area contributed by atoms with Gasteiger partial charge >= 0.3 is 5.97 Å². The Morgan fingerprint density at radius 2 is 2.00 bits per heavy atom. The highest BCUT2D eigenvalue weighted by molar-refractivity contribution is 5.91. The molecule has 0 fully saturated rings. The zero-order chi connectivity index (χ0) is 18.6. The van der Waals surface area contributed by atoms with Gasteiger partial charge in [0, 0.05) is 17.4 Å². The fourth-order valence-corrected chi connectivity index (χ4v) is 2.21. The fourth-order valence-electron chi connectivity index (χ4n) is 2.21. The summed E-state index contributed by atoms with van der Waals surface area (Å²) < 4.78 is 6.74. The standard InChI is InChI=1S/C18H24N4O3/c1-6-18(4,5)20-16(23)11-25-17(24)14-7-8-15(19-10-14)22-13(3)9-12(2)21-22/h7-10H,6,11H2,1-5H3,(H,20,23). The quantitative estimate of drug-likeness (QED) is 0.813. The molecule has 0 saturated heterocycles. The molecule has 2 heterocycles. The van der Waals surface area contributed by atoms with Crippen LogP contribution in [0.5, 0.6) is 0 Å². The highest BCUT2D eigenvalue weighted by Gasteiger charge is 2.19. The molecular weight excluding hydrogens is 320 g/mol. The lowest BCUT2D eigenvalue weighted by molar-refractivity contribution is -0.125. The second-order valence-corrected chi connectivity index (χ2v) is 6.61. The maximum Gasteiger partial charge on any atom is 0.340 e. The van der Waals surface area contributed by atoms with E-state index in [0.29, 0.717) is 5.82 Å². The minimum atomic E-state index is -0.586. The summed E-state index contributed by atoms with van der Waals surface area (Å²) in [6, 6.07) is 5.24. The first-order valence-corrected chi connectivity index (χ1v) is 8.19. The summed E-state index contributed by atoms with van der Waals surface area (Å²) in [5.41, 5.74) is 1.80. The molecule has 134 valence electrons. The highest BCUT2D eigenvalue weighted by Crippen LogP contribution is 2.11. The lowest BCUT2D eigenvalue weighted by Crippen LogP contribution is -2.44. The molecule has 0 aromatic carbocycles. The Kier molecular flexibility index (Phi) is 5.56. The van der Waals surface area contributed by atoms with Crippen LogP contribution < -0.4 is 5.32 Å². The molecule has 0 aliphatic heterocycles. The smallest absolute Gasteiger partial charge is 0.340 e. The van der Waals surface area contributed by atoms with E-state index in [0.717, 1.165) is 17.8 Å². The molecule has 1 amide bonds. The van der Waals surface area contributed by atoms with Gasteiger partial charge in [-0.25, -0.2) is 14.5 Å². The number of aromatic nitrogens is 3. The van der Waals surface area contributed by atoms with Crippen molar-refractivity contribution < 1.29 is 14.3 Å². The molecule has 0 unspecified atom stereocenters. The second kappa shape index (κ2) is 7.46. The molecule has 25 heavy (non-hydrogen) atoms. The van der Waals surface area contributed by atoms with Crippen LogP contribution in [0.4, 0.5) is 0 Å². The number of nitrogens with one attached hydrogen (secondary N) is 1. The number of aryl methyl sites for hydroxylation is 2. The van der Waals surface area contributed by atoms with Crippen molar-refractivity contribution in [2.45, 2.75) is 46.6 Å². The van der Waals surface area contributed by atoms with E-state index in [-0.39, 0.29) is 23.6 Å². The number of ether oxygens (including phenoxy) is 1. The molecule has 0 spiro atoms. The number of rotatable bonds is 6. The van der Waals surface area contributed by atoms with Crippen LogP contribution in [-0.2, 0) is 9.53 Å². The van der Waals surface area contributed by atoms with Crippen LogP contribution in [0, 0.1) is 13.8 Å². The van der Waals surface area contributed by atoms with E-state index in [1.54, 1.807) is 16.8 Å². The van der Waals surface area contributed by atoms with E-state index >= 15 is 0 Å². The lowest BCUT2D eigenvalue weighted by Gasteiger charge is -2.24. The molecule has 7 heteroatoms. The van der Waals surface area contributed by atoms with Crippen molar-refractivity contribution >= 4 is 11.9 Å². The van der Waals surface area contributed by atoms with Crippen molar-refractivity contribution in [1.29, 1.82) is 0 Å². The Hall–Kier alpha value is -2.70. The average Bonchev–Trinajstić information content (AvgIpc) is 2.91. The van der Waals surface area contributed by atoms with Gasteiger partial charge in [0.15, 0.2) is 12.4 Å². The van der Waals surface area contributed by atoms with Crippen LogP contribution in [0.1, 0.15) is 48.9 Å². The summed E-state index contributed by atoms with van der Waals surface area (Å²) in [6.45, 7) is 9.31. The number of amides is 1. The number of hydrogen-bond acceptors (Lipinski definition) is 5. The van der Waals surface area contributed by atoms with Gasteiger partial charge in [-0.15, -0.1) is 0 Å². The van der Waals surface area contributed by atoms with E-state index in [1.165, 1.54) is 6.20 Å².